The van der Waals surface area contributed by atoms with Crippen molar-refractivity contribution in [3.8, 4) is 11.4 Å². The first kappa shape index (κ1) is 19.3. The van der Waals surface area contributed by atoms with Crippen molar-refractivity contribution in [2.24, 2.45) is 4.99 Å². The van der Waals surface area contributed by atoms with Gasteiger partial charge in [-0.2, -0.15) is 5.10 Å². The Bertz CT molecular complexity index is 1410. The number of benzene rings is 3. The molecule has 0 bridgehead atoms. The van der Waals surface area contributed by atoms with Crippen LogP contribution in [0.15, 0.2) is 83.9 Å². The molecular weight excluding hydrogens is 414 g/mol. The molecule has 1 N–H and O–H groups in total. The smallest absolute Gasteiger partial charge is 0.291 e. The minimum Gasteiger partial charge on any atom is -0.497 e. The molecule has 3 heterocycles. The average Bonchev–Trinajstić information content (AvgIpc) is 3.20. The molecule has 0 saturated carbocycles. The Morgan fingerprint density at radius 2 is 1.67 bits per heavy atom. The number of nitrogens with one attached hydrogen (secondary N) is 1. The van der Waals surface area contributed by atoms with Crippen molar-refractivity contribution in [1.82, 2.24) is 9.78 Å². The van der Waals surface area contributed by atoms with Crippen LogP contribution in [-0.4, -0.2) is 28.6 Å². The van der Waals surface area contributed by atoms with E-state index in [0.717, 1.165) is 39.6 Å². The van der Waals surface area contributed by atoms with Crippen molar-refractivity contribution in [2.45, 2.75) is 13.0 Å². The predicted molar refractivity (Wildman–Crippen MR) is 128 cm³/mol. The molecule has 0 aliphatic carbocycles. The molecule has 0 saturated heterocycles. The summed E-state index contributed by atoms with van der Waals surface area (Å²) in [6.45, 7) is 1.99. The van der Waals surface area contributed by atoms with Crippen molar-refractivity contribution >= 4 is 28.9 Å². The highest BCUT2D eigenvalue weighted by molar-refractivity contribution is 6.50. The summed E-state index contributed by atoms with van der Waals surface area (Å²) in [6, 6.07) is 25.3. The van der Waals surface area contributed by atoms with Crippen molar-refractivity contribution in [1.29, 1.82) is 0 Å². The predicted octanol–water partition coefficient (Wildman–Crippen LogP) is 4.78. The van der Waals surface area contributed by atoms with Gasteiger partial charge in [-0.05, 0) is 48.9 Å². The third-order valence-corrected chi connectivity index (χ3v) is 6.10. The number of carbonyl (C=O) groups excluding carboxylic acids is 1. The third kappa shape index (κ3) is 2.93. The number of anilines is 2. The Kier molecular flexibility index (Phi) is 4.29. The molecule has 7 heteroatoms. The normalized spacial score (nSPS) is 16.3. The van der Waals surface area contributed by atoms with Gasteiger partial charge in [0.1, 0.15) is 5.75 Å². The van der Waals surface area contributed by atoms with E-state index < -0.39 is 0 Å². The van der Waals surface area contributed by atoms with Gasteiger partial charge >= 0.3 is 0 Å². The summed E-state index contributed by atoms with van der Waals surface area (Å²) in [6.07, 6.45) is 0. The van der Waals surface area contributed by atoms with E-state index in [0.29, 0.717) is 11.7 Å². The highest BCUT2D eigenvalue weighted by Gasteiger charge is 2.42. The number of amides is 1. The zero-order valence-corrected chi connectivity index (χ0v) is 18.2. The molecule has 1 aromatic heterocycles. The molecule has 2 aliphatic heterocycles. The summed E-state index contributed by atoms with van der Waals surface area (Å²) in [5.41, 5.74) is 5.40. The molecule has 0 radical (unpaired) electrons. The van der Waals surface area contributed by atoms with E-state index >= 15 is 0 Å². The number of carbonyl (C=O) groups is 1. The Hall–Kier alpha value is -4.39. The van der Waals surface area contributed by atoms with Gasteiger partial charge in [0.2, 0.25) is 5.84 Å². The summed E-state index contributed by atoms with van der Waals surface area (Å²) in [7, 11) is 1.65. The molecule has 6 rings (SSSR count). The van der Waals surface area contributed by atoms with E-state index in [4.69, 9.17) is 14.8 Å². The standard InChI is InChI=1S/C26H21N5O2/c1-16-22-23(17-12-14-19(33-2)15-13-17)30-21-11-7-6-10-20(21)27-26(32)25(30)28-24(22)31(29-16)18-8-4-3-5-9-18/h3-15,23H,1-2H3,(H,27,32). The van der Waals surface area contributed by atoms with Crippen molar-refractivity contribution in [3.63, 3.8) is 0 Å². The molecular formula is C26H21N5O2. The van der Waals surface area contributed by atoms with Gasteiger partial charge in [0.25, 0.3) is 5.91 Å². The van der Waals surface area contributed by atoms with E-state index in [2.05, 4.69) is 5.32 Å². The van der Waals surface area contributed by atoms with Crippen LogP contribution in [0.25, 0.3) is 5.69 Å². The number of aromatic nitrogens is 2. The number of aryl methyl sites for hydroxylation is 1. The van der Waals surface area contributed by atoms with E-state index in [1.54, 1.807) is 7.11 Å². The minimum atomic E-state index is -0.275. The lowest BCUT2D eigenvalue weighted by atomic mass is 9.93. The second-order valence-corrected chi connectivity index (χ2v) is 8.02. The number of amidine groups is 1. The number of para-hydroxylation sites is 3. The lowest BCUT2D eigenvalue weighted by Gasteiger charge is -2.40. The Balaban J connectivity index is 1.64. The third-order valence-electron chi connectivity index (χ3n) is 6.10. The number of fused-ring (bicyclic) bond motifs is 4. The Morgan fingerprint density at radius 3 is 2.42 bits per heavy atom. The van der Waals surface area contributed by atoms with E-state index in [-0.39, 0.29) is 11.9 Å². The van der Waals surface area contributed by atoms with Gasteiger partial charge in [-0.15, -0.1) is 0 Å². The van der Waals surface area contributed by atoms with E-state index in [9.17, 15) is 4.79 Å². The second-order valence-electron chi connectivity index (χ2n) is 8.02. The average molecular weight is 435 g/mol. The maximum Gasteiger partial charge on any atom is 0.291 e. The van der Waals surface area contributed by atoms with Crippen molar-refractivity contribution < 1.29 is 9.53 Å². The summed E-state index contributed by atoms with van der Waals surface area (Å²) in [5, 5.41) is 7.82. The highest BCUT2D eigenvalue weighted by Crippen LogP contribution is 2.47. The van der Waals surface area contributed by atoms with Crippen LogP contribution in [-0.2, 0) is 4.79 Å². The maximum absolute atomic E-state index is 13.2. The quantitative estimate of drug-likeness (QED) is 0.503. The summed E-state index contributed by atoms with van der Waals surface area (Å²) >= 11 is 0. The first-order valence-corrected chi connectivity index (χ1v) is 10.7. The molecule has 1 unspecified atom stereocenters. The van der Waals surface area contributed by atoms with Crippen LogP contribution in [0.4, 0.5) is 17.2 Å². The number of methoxy groups -OCH3 is 1. The molecule has 4 aromatic rings. The molecule has 33 heavy (non-hydrogen) atoms. The highest BCUT2D eigenvalue weighted by atomic mass is 16.5. The van der Waals surface area contributed by atoms with Crippen LogP contribution in [0, 0.1) is 6.92 Å². The number of nitrogens with zero attached hydrogens (tertiary/aromatic N) is 4. The van der Waals surface area contributed by atoms with Gasteiger partial charge < -0.3 is 15.0 Å². The van der Waals surface area contributed by atoms with Crippen LogP contribution in [0.2, 0.25) is 0 Å². The van der Waals surface area contributed by atoms with Crippen molar-refractivity contribution in [2.75, 3.05) is 17.3 Å². The van der Waals surface area contributed by atoms with Crippen LogP contribution < -0.4 is 15.0 Å². The van der Waals surface area contributed by atoms with Crippen LogP contribution in [0.5, 0.6) is 5.75 Å². The van der Waals surface area contributed by atoms with Gasteiger partial charge in [0, 0.05) is 5.56 Å². The molecule has 0 spiro atoms. The Morgan fingerprint density at radius 1 is 0.939 bits per heavy atom. The zero-order chi connectivity index (χ0) is 22.5. The monoisotopic (exact) mass is 435 g/mol. The molecule has 0 fully saturated rings. The number of hydrogen-bond donors (Lipinski definition) is 1. The number of ether oxygens (including phenoxy) is 1. The number of rotatable bonds is 3. The summed E-state index contributed by atoms with van der Waals surface area (Å²) in [4.78, 5) is 20.1. The van der Waals surface area contributed by atoms with Gasteiger partial charge in [-0.1, -0.05) is 42.5 Å². The van der Waals surface area contributed by atoms with Gasteiger partial charge in [0.05, 0.1) is 35.9 Å². The lowest BCUT2D eigenvalue weighted by Crippen LogP contribution is -2.48. The molecule has 1 atom stereocenters. The largest absolute Gasteiger partial charge is 0.497 e. The zero-order valence-electron chi connectivity index (χ0n) is 18.2. The van der Waals surface area contributed by atoms with E-state index in [1.807, 2.05) is 95.4 Å². The SMILES string of the molecule is COc1ccc(C2c3c(C)nn(-c4ccccc4)c3N=C3C(=O)Nc4ccccc4N32)cc1. The van der Waals surface area contributed by atoms with E-state index in [1.165, 1.54) is 0 Å². The fraction of sp³-hybridized carbons (Fsp3) is 0.115. The molecule has 162 valence electrons. The van der Waals surface area contributed by atoms with Crippen LogP contribution in [0.3, 0.4) is 0 Å². The van der Waals surface area contributed by atoms with Gasteiger partial charge in [-0.25, -0.2) is 9.67 Å². The maximum atomic E-state index is 13.2. The number of aliphatic imine (C=N–C) groups is 1. The fourth-order valence-corrected chi connectivity index (χ4v) is 4.59. The molecule has 3 aromatic carbocycles. The van der Waals surface area contributed by atoms with Crippen molar-refractivity contribution in [3.05, 3.63) is 95.7 Å². The first-order valence-electron chi connectivity index (χ1n) is 10.7. The second kappa shape index (κ2) is 7.34. The molecule has 2 aliphatic rings. The van der Waals surface area contributed by atoms with Gasteiger partial charge in [0.15, 0.2) is 5.82 Å². The molecule has 7 nitrogen and oxygen atoms in total. The van der Waals surface area contributed by atoms with Crippen LogP contribution >= 0.6 is 0 Å². The van der Waals surface area contributed by atoms with Gasteiger partial charge in [-0.3, -0.25) is 4.79 Å². The first-order chi connectivity index (χ1) is 16.2. The molecule has 1 amide bonds. The Labute approximate surface area is 191 Å². The topological polar surface area (TPSA) is 71.7 Å². The lowest BCUT2D eigenvalue weighted by molar-refractivity contribution is -0.110. The summed E-state index contributed by atoms with van der Waals surface area (Å²) < 4.78 is 7.19. The fourth-order valence-electron chi connectivity index (χ4n) is 4.59. The summed E-state index contributed by atoms with van der Waals surface area (Å²) in [5.74, 6) is 1.55. The van der Waals surface area contributed by atoms with Crippen LogP contribution in [0.1, 0.15) is 22.9 Å². The minimum absolute atomic E-state index is 0.240. The number of hydrogen-bond acceptors (Lipinski definition) is 5.